The number of carbonyl (C=O) groups is 1. The van der Waals surface area contributed by atoms with Gasteiger partial charge in [-0.25, -0.2) is 30.8 Å². The Morgan fingerprint density at radius 2 is 0.888 bits per heavy atom. The molecule has 0 radical (unpaired) electrons. The van der Waals surface area contributed by atoms with E-state index in [1.54, 1.807) is 49.4 Å². The number of alkyl halides is 3. The van der Waals surface area contributed by atoms with Crippen molar-refractivity contribution in [1.82, 2.24) is 38.8 Å². The number of anilines is 2. The standard InChI is InChI=1S/C29H41N5O2S.C20H31NO2.C19H33NO.C8H4ClN3O2S.C8H7N5O2S.C8H8N2O2.CCl4S.2CH4.Na.H2O/c1-8-28(4,5)22-14-15-24(23(19-22)29(6,7)9-2)36-17-11-16-30-26(35)32-33-27-31-25(34-37-27)21-13-10-12-20(3)18-21;1-7-19(3,4)16-10-11-18(23-13-9-12-21-15-22)17(14-16)20(5,6)8-2;1-7-18(3,4)15-10-11-17(21-13-9-12-20)16(14-15)19(5,6)8-2;9-8-10-7(11-15-8)5-2-1-3-6(4-5)12(13)14;9-11-8-10-7(12-16-8)5-2-1-3-6(4-5)13(14)15;1-6(9)7-3-2-4-8(5-7)10(11)12;2-1(3,4)6-5;;;;/h10,12-15,18-19H,8-9,11,16-17H2,1-7H3,(H2,30,32,35)(H,31,33,34);10-11,14H,7-9,12-13H2,1-6H3;10-11,14H,7-9,12-13,20H2,1-6H3;1-4H;1-4H,9H2,(H,10,11,12);2-5,9H,1H3;;2*1H4;;1H2/q;;;;;;;;;+1;/p-1. The average Bonchev–Trinajstić information content (AvgIpc) is 1.07. The first-order valence-electron chi connectivity index (χ1n) is 42.4. The third-order valence-corrected chi connectivity index (χ3v) is 26.5. The van der Waals surface area contributed by atoms with Gasteiger partial charge < -0.3 is 36.1 Å². The van der Waals surface area contributed by atoms with E-state index in [0.717, 1.165) is 103 Å². The van der Waals surface area contributed by atoms with E-state index in [4.69, 9.17) is 88.3 Å². The zero-order valence-corrected chi connectivity index (χ0v) is 88.2. The SMILES string of the molecule is C.C.CC(=N)c1cccc([N+](=O)[O-])c1.CCC(C)(C)c1ccc(OCCCN)c(C(C)(C)CC)c1.CCC(C)(C)c1ccc(OCCCN=C=O)c(C(C)(C)CC)c1.CCC(C)(C)c1ccc(OCCCNC(=O)NNc2nc(-c3cccc(C)c3)ns2)c(C(C)(C)CC)c1.ClSC(Cl)(Cl)Cl.NNc1nc(-c2cccc([N+](=O)[O-])c2)ns1.O=[N+]([O-])c1cccc(-c2nsc(Cl)n2)c1.[Na+].[OH-]. The van der Waals surface area contributed by atoms with Crippen LogP contribution in [-0.2, 0) is 37.3 Å². The summed E-state index contributed by atoms with van der Waals surface area (Å²) in [5, 5.41) is 42.5. The first-order valence-corrected chi connectivity index (χ1v) is 47.9. The summed E-state index contributed by atoms with van der Waals surface area (Å²) in [7, 11) is 5.65. The van der Waals surface area contributed by atoms with Crippen LogP contribution in [0.2, 0.25) is 4.47 Å². The number of amides is 2. The van der Waals surface area contributed by atoms with E-state index >= 15 is 0 Å². The van der Waals surface area contributed by atoms with Crippen LogP contribution in [0, 0.1) is 42.7 Å². The number of aromatic nitrogens is 6. The molecule has 0 aliphatic heterocycles. The second-order valence-electron chi connectivity index (χ2n) is 33.7. The number of ether oxygens (including phenoxy) is 3. The number of halogens is 5. The third kappa shape index (κ3) is 42.2. The number of hydrogen-bond acceptors (Lipinski definition) is 28. The molecule has 10 N–H and O–H groups in total. The second-order valence-corrected chi connectivity index (χ2v) is 40.8. The predicted molar refractivity (Wildman–Crippen MR) is 553 cm³/mol. The van der Waals surface area contributed by atoms with Gasteiger partial charge in [0.2, 0.25) is 20.8 Å². The van der Waals surface area contributed by atoms with Crippen molar-refractivity contribution in [2.45, 2.75) is 247 Å². The van der Waals surface area contributed by atoms with Crippen molar-refractivity contribution >= 4 is 148 Å². The quantitative estimate of drug-likeness (QED) is 0.00280. The van der Waals surface area contributed by atoms with E-state index in [1.165, 1.54) is 81.3 Å². The molecule has 0 saturated carbocycles. The number of hydrazine groups is 2. The largest absolute Gasteiger partial charge is 1.00 e. The molecule has 10 aromatic rings. The average molecular weight is 2030 g/mol. The molecule has 134 heavy (non-hydrogen) atoms. The number of nitrogens with two attached hydrogens (primary N) is 2. The van der Waals surface area contributed by atoms with Crippen LogP contribution in [0.5, 0.6) is 17.2 Å². The van der Waals surface area contributed by atoms with Crippen LogP contribution in [-0.4, -0.2) is 109 Å². The van der Waals surface area contributed by atoms with Gasteiger partial charge in [-0.2, -0.15) is 23.1 Å². The first-order chi connectivity index (χ1) is 61.1. The van der Waals surface area contributed by atoms with E-state index in [2.05, 4.69) is 234 Å². The van der Waals surface area contributed by atoms with Crippen molar-refractivity contribution < 1.29 is 73.6 Å². The summed E-state index contributed by atoms with van der Waals surface area (Å²) >= 11 is 24.2. The molecule has 0 atom stereocenters. The number of nitro groups is 3. The molecular weight excluding hydrogens is 1900 g/mol. The first kappa shape index (κ1) is 125. The molecule has 0 bridgehead atoms. The Hall–Kier alpha value is -8.58. The van der Waals surface area contributed by atoms with Crippen LogP contribution in [0.15, 0.2) is 157 Å². The van der Waals surface area contributed by atoms with Gasteiger partial charge in [-0.05, 0) is 179 Å². The minimum atomic E-state index is -1.36. The Bertz CT molecular complexity index is 5300. The zero-order chi connectivity index (χ0) is 97.4. The van der Waals surface area contributed by atoms with Crippen molar-refractivity contribution in [3.63, 3.8) is 0 Å². The number of aliphatic imine (C=N–C) groups is 1. The summed E-state index contributed by atoms with van der Waals surface area (Å²) in [4.78, 5) is 68.3. The Kier molecular flexibility index (Phi) is 57.0. The number of aryl methyl sites for hydroxylation is 1. The molecule has 2 amide bonds. The normalized spacial score (nSPS) is 11.0. The molecular formula is C95H133Cl5N17NaO12S4. The number of nitro benzene ring substituents is 3. The number of nitrogen functional groups attached to an aromatic ring is 1. The molecule has 29 nitrogen and oxygen atoms in total. The molecule has 10 rings (SSSR count). The van der Waals surface area contributed by atoms with Crippen LogP contribution >= 0.6 is 103 Å². The molecule has 0 spiro atoms. The number of nitrogens with zero attached hydrogens (tertiary/aromatic N) is 10. The van der Waals surface area contributed by atoms with E-state index in [-0.39, 0.29) is 105 Å². The molecule has 3 heterocycles. The minimum absolute atomic E-state index is 0. The fourth-order valence-corrected chi connectivity index (χ4v) is 13.2. The summed E-state index contributed by atoms with van der Waals surface area (Å²) in [5.74, 6) is 9.52. The second kappa shape index (κ2) is 60.9. The molecule has 0 aliphatic carbocycles. The number of isocyanates is 1. The monoisotopic (exact) mass is 2030 g/mol. The topological polar surface area (TPSA) is 435 Å². The van der Waals surface area contributed by atoms with Gasteiger partial charge in [0.15, 0.2) is 17.5 Å². The van der Waals surface area contributed by atoms with E-state index in [1.807, 2.05) is 31.2 Å². The Morgan fingerprint density at radius 1 is 0.530 bits per heavy atom. The molecule has 0 saturated heterocycles. The van der Waals surface area contributed by atoms with Gasteiger partial charge in [0.25, 0.3) is 20.2 Å². The van der Waals surface area contributed by atoms with Crippen LogP contribution in [0.4, 0.5) is 32.1 Å². The summed E-state index contributed by atoms with van der Waals surface area (Å²) in [6.07, 6.45) is 10.4. The molecule has 7 aromatic carbocycles. The summed E-state index contributed by atoms with van der Waals surface area (Å²) in [6.45, 7) is 47.8. The van der Waals surface area contributed by atoms with Gasteiger partial charge in [0.05, 0.1) is 41.1 Å². The molecule has 0 fully saturated rings. The maximum absolute atomic E-state index is 12.2. The van der Waals surface area contributed by atoms with Gasteiger partial charge >= 0.3 is 35.6 Å². The van der Waals surface area contributed by atoms with Gasteiger partial charge in [-0.3, -0.25) is 41.2 Å². The number of carbonyl (C=O) groups excluding carboxylic acids is 2. The summed E-state index contributed by atoms with van der Waals surface area (Å²) in [5.41, 5.74) is 26.2. The van der Waals surface area contributed by atoms with Crippen molar-refractivity contribution in [3.05, 3.63) is 231 Å². The van der Waals surface area contributed by atoms with Gasteiger partial charge in [0, 0.05) is 128 Å². The number of benzene rings is 7. The Balaban J connectivity index is 0.00000161. The van der Waals surface area contributed by atoms with Crippen LogP contribution in [0.1, 0.15) is 249 Å². The zero-order valence-electron chi connectivity index (χ0n) is 79.1. The van der Waals surface area contributed by atoms with Crippen molar-refractivity contribution in [2.75, 3.05) is 50.3 Å². The van der Waals surface area contributed by atoms with E-state index in [9.17, 15) is 39.9 Å². The number of hydrogen-bond donors (Lipinski definition) is 7. The van der Waals surface area contributed by atoms with Gasteiger partial charge in [-0.1, -0.05) is 271 Å². The minimum Gasteiger partial charge on any atom is -0.870 e. The van der Waals surface area contributed by atoms with Crippen LogP contribution in [0.25, 0.3) is 34.2 Å². The predicted octanol–water partition coefficient (Wildman–Crippen LogP) is 24.4. The molecule has 39 heteroatoms. The third-order valence-electron chi connectivity index (χ3n) is 22.1. The maximum Gasteiger partial charge on any atom is 1.00 e. The van der Waals surface area contributed by atoms with Gasteiger partial charge in [0.1, 0.15) is 17.2 Å². The van der Waals surface area contributed by atoms with Crippen molar-refractivity contribution in [2.24, 2.45) is 16.6 Å². The Morgan fingerprint density at radius 3 is 1.24 bits per heavy atom. The van der Waals surface area contributed by atoms with Crippen LogP contribution < -0.4 is 76.9 Å². The summed E-state index contributed by atoms with van der Waals surface area (Å²) < 4.78 is 29.5. The van der Waals surface area contributed by atoms with Crippen molar-refractivity contribution in [1.29, 1.82) is 5.41 Å². The molecule has 3 aromatic heterocycles. The summed E-state index contributed by atoms with van der Waals surface area (Å²) in [6, 6.07) is 45.9. The maximum atomic E-state index is 12.2. The smallest absolute Gasteiger partial charge is 0.870 e. The Labute approximate surface area is 854 Å². The van der Waals surface area contributed by atoms with Crippen LogP contribution in [0.3, 0.4) is 0 Å². The number of rotatable bonds is 36. The molecule has 730 valence electrons. The fraction of sp³-hybridized carbons (Fsp3) is 0.463. The fourth-order valence-electron chi connectivity index (χ4n) is 11.5. The van der Waals surface area contributed by atoms with Gasteiger partial charge in [-0.15, -0.1) is 0 Å². The number of nitrogens with one attached hydrogen (secondary N) is 5. The van der Waals surface area contributed by atoms with E-state index in [0.29, 0.717) is 111 Å². The molecule has 0 unspecified atom stereocenters. The number of urea groups is 1. The van der Waals surface area contributed by atoms with Crippen molar-refractivity contribution in [3.8, 4) is 51.4 Å². The number of non-ortho nitro benzene ring substituents is 3. The molecule has 0 aliphatic rings. The van der Waals surface area contributed by atoms with E-state index < -0.39 is 17.9 Å².